The van der Waals surface area contributed by atoms with Gasteiger partial charge in [-0.25, -0.2) is 8.42 Å². The van der Waals surface area contributed by atoms with Crippen molar-refractivity contribution in [2.24, 2.45) is 5.92 Å². The van der Waals surface area contributed by atoms with Crippen molar-refractivity contribution in [3.8, 4) is 11.1 Å². The van der Waals surface area contributed by atoms with Gasteiger partial charge >= 0.3 is 0 Å². The number of hydrogen-bond acceptors (Lipinski definition) is 3. The molecule has 0 radical (unpaired) electrons. The highest BCUT2D eigenvalue weighted by molar-refractivity contribution is 9.10. The highest BCUT2D eigenvalue weighted by Gasteiger charge is 2.35. The van der Waals surface area contributed by atoms with Crippen LogP contribution in [0.2, 0.25) is 0 Å². The SMILES string of the molecule is CC(C)CCNC(=O)CN1c2ccc(Br)cc2-c2ccccc2S1(=O)=O. The Balaban J connectivity index is 1.97. The summed E-state index contributed by atoms with van der Waals surface area (Å²) in [6.45, 7) is 4.45. The van der Waals surface area contributed by atoms with Crippen LogP contribution < -0.4 is 9.62 Å². The molecule has 1 aliphatic rings. The van der Waals surface area contributed by atoms with E-state index < -0.39 is 10.0 Å². The summed E-state index contributed by atoms with van der Waals surface area (Å²) in [5.41, 5.74) is 1.96. The van der Waals surface area contributed by atoms with Crippen molar-refractivity contribution < 1.29 is 13.2 Å². The molecule has 5 nitrogen and oxygen atoms in total. The molecule has 2 aromatic rings. The summed E-state index contributed by atoms with van der Waals surface area (Å²) in [4.78, 5) is 12.6. The maximum absolute atomic E-state index is 13.1. The van der Waals surface area contributed by atoms with Crippen molar-refractivity contribution in [1.82, 2.24) is 5.32 Å². The van der Waals surface area contributed by atoms with Gasteiger partial charge < -0.3 is 5.32 Å². The zero-order valence-electron chi connectivity index (χ0n) is 14.7. The van der Waals surface area contributed by atoms with E-state index in [4.69, 9.17) is 0 Å². The van der Waals surface area contributed by atoms with Gasteiger partial charge in [-0.3, -0.25) is 9.10 Å². The lowest BCUT2D eigenvalue weighted by molar-refractivity contribution is -0.119. The van der Waals surface area contributed by atoms with E-state index in [1.54, 1.807) is 30.3 Å². The molecule has 0 spiro atoms. The number of carbonyl (C=O) groups is 1. The second-order valence-electron chi connectivity index (χ2n) is 6.70. The van der Waals surface area contributed by atoms with Gasteiger partial charge in [0.2, 0.25) is 5.91 Å². The van der Waals surface area contributed by atoms with Crippen LogP contribution in [-0.2, 0) is 14.8 Å². The molecule has 1 aliphatic heterocycles. The van der Waals surface area contributed by atoms with Crippen molar-refractivity contribution >= 4 is 37.5 Å². The number of nitrogens with one attached hydrogen (secondary N) is 1. The van der Waals surface area contributed by atoms with Crippen LogP contribution in [0.3, 0.4) is 0 Å². The third-order valence-electron chi connectivity index (χ3n) is 4.30. The second-order valence-corrected chi connectivity index (χ2v) is 9.45. The Hall–Kier alpha value is -1.86. The Morgan fingerprint density at radius 2 is 1.88 bits per heavy atom. The fourth-order valence-electron chi connectivity index (χ4n) is 2.96. The normalized spacial score (nSPS) is 14.7. The summed E-state index contributed by atoms with van der Waals surface area (Å²) in [7, 11) is -3.79. The van der Waals surface area contributed by atoms with Gasteiger partial charge in [0.25, 0.3) is 10.0 Å². The van der Waals surface area contributed by atoms with Gasteiger partial charge in [0.15, 0.2) is 0 Å². The first-order chi connectivity index (χ1) is 12.3. The van der Waals surface area contributed by atoms with Gasteiger partial charge in [-0.1, -0.05) is 48.0 Å². The molecule has 0 aromatic heterocycles. The van der Waals surface area contributed by atoms with E-state index in [0.717, 1.165) is 16.5 Å². The summed E-state index contributed by atoms with van der Waals surface area (Å²) in [5.74, 6) is 0.168. The molecule has 26 heavy (non-hydrogen) atoms. The number of amides is 1. The third kappa shape index (κ3) is 3.64. The van der Waals surface area contributed by atoms with Crippen molar-refractivity contribution in [2.45, 2.75) is 25.2 Å². The topological polar surface area (TPSA) is 66.5 Å². The molecule has 0 saturated carbocycles. The number of nitrogens with zero attached hydrogens (tertiary/aromatic N) is 1. The summed E-state index contributed by atoms with van der Waals surface area (Å²) in [6, 6.07) is 12.3. The zero-order valence-corrected chi connectivity index (χ0v) is 17.1. The second kappa shape index (κ2) is 7.40. The first-order valence-corrected chi connectivity index (χ1v) is 10.7. The van der Waals surface area contributed by atoms with Crippen LogP contribution >= 0.6 is 15.9 Å². The molecular formula is C19H21BrN2O3S. The Morgan fingerprint density at radius 1 is 1.15 bits per heavy atom. The fourth-order valence-corrected chi connectivity index (χ4v) is 4.97. The van der Waals surface area contributed by atoms with Crippen LogP contribution in [0.5, 0.6) is 0 Å². The first-order valence-electron chi connectivity index (χ1n) is 8.49. The third-order valence-corrected chi connectivity index (χ3v) is 6.61. The van der Waals surface area contributed by atoms with E-state index in [-0.39, 0.29) is 17.3 Å². The Kier molecular flexibility index (Phi) is 5.39. The Bertz CT molecular complexity index is 942. The number of carbonyl (C=O) groups excluding carboxylic acids is 1. The van der Waals surface area contributed by atoms with Crippen LogP contribution in [0.15, 0.2) is 51.8 Å². The minimum absolute atomic E-state index is 0.223. The van der Waals surface area contributed by atoms with Crippen LogP contribution in [0, 0.1) is 5.92 Å². The van der Waals surface area contributed by atoms with E-state index >= 15 is 0 Å². The number of fused-ring (bicyclic) bond motifs is 3. The van der Waals surface area contributed by atoms with Crippen molar-refractivity contribution in [3.05, 3.63) is 46.9 Å². The quantitative estimate of drug-likeness (QED) is 0.774. The minimum Gasteiger partial charge on any atom is -0.355 e. The average molecular weight is 437 g/mol. The number of rotatable bonds is 5. The molecule has 0 fully saturated rings. The maximum Gasteiger partial charge on any atom is 0.265 e. The van der Waals surface area contributed by atoms with Gasteiger partial charge in [0, 0.05) is 22.1 Å². The fraction of sp³-hybridized carbons (Fsp3) is 0.316. The lowest BCUT2D eigenvalue weighted by Gasteiger charge is -2.31. The molecule has 1 N–H and O–H groups in total. The number of hydrogen-bond donors (Lipinski definition) is 1. The molecule has 2 aromatic carbocycles. The largest absolute Gasteiger partial charge is 0.355 e. The lowest BCUT2D eigenvalue weighted by Crippen LogP contribution is -2.42. The highest BCUT2D eigenvalue weighted by atomic mass is 79.9. The molecule has 138 valence electrons. The van der Waals surface area contributed by atoms with Gasteiger partial charge in [-0.2, -0.15) is 0 Å². The predicted molar refractivity (Wildman–Crippen MR) is 107 cm³/mol. The molecule has 0 unspecified atom stereocenters. The molecule has 0 atom stereocenters. The monoisotopic (exact) mass is 436 g/mol. The van der Waals surface area contributed by atoms with Gasteiger partial charge in [0.05, 0.1) is 10.6 Å². The van der Waals surface area contributed by atoms with Crippen LogP contribution in [0.1, 0.15) is 20.3 Å². The van der Waals surface area contributed by atoms with Crippen molar-refractivity contribution in [3.63, 3.8) is 0 Å². The predicted octanol–water partition coefficient (Wildman–Crippen LogP) is 3.79. The number of anilines is 1. The van der Waals surface area contributed by atoms with Crippen LogP contribution in [-0.4, -0.2) is 27.4 Å². The highest BCUT2D eigenvalue weighted by Crippen LogP contribution is 2.43. The number of benzene rings is 2. The molecular weight excluding hydrogens is 416 g/mol. The molecule has 0 aliphatic carbocycles. The molecule has 0 bridgehead atoms. The lowest BCUT2D eigenvalue weighted by atomic mass is 10.0. The maximum atomic E-state index is 13.1. The van der Waals surface area contributed by atoms with E-state index in [9.17, 15) is 13.2 Å². The molecule has 7 heteroatoms. The number of sulfonamides is 1. The molecule has 3 rings (SSSR count). The van der Waals surface area contributed by atoms with E-state index in [0.29, 0.717) is 23.7 Å². The molecule has 1 amide bonds. The summed E-state index contributed by atoms with van der Waals surface area (Å²) in [6.07, 6.45) is 0.852. The average Bonchev–Trinajstić information content (AvgIpc) is 2.58. The van der Waals surface area contributed by atoms with Gasteiger partial charge in [-0.15, -0.1) is 0 Å². The van der Waals surface area contributed by atoms with Crippen molar-refractivity contribution in [2.75, 3.05) is 17.4 Å². The van der Waals surface area contributed by atoms with Gasteiger partial charge in [0.1, 0.15) is 6.54 Å². The molecule has 0 saturated heterocycles. The Labute approximate surface area is 162 Å². The summed E-state index contributed by atoms with van der Waals surface area (Å²) in [5, 5.41) is 2.81. The summed E-state index contributed by atoms with van der Waals surface area (Å²) >= 11 is 3.44. The smallest absolute Gasteiger partial charge is 0.265 e. The van der Waals surface area contributed by atoms with Crippen LogP contribution in [0.25, 0.3) is 11.1 Å². The Morgan fingerprint density at radius 3 is 2.62 bits per heavy atom. The minimum atomic E-state index is -3.79. The standard InChI is InChI=1S/C19H21BrN2O3S/c1-13(2)9-10-21-19(23)12-22-17-8-7-14(20)11-16(17)15-5-3-4-6-18(15)26(22,24)25/h3-8,11,13H,9-10,12H2,1-2H3,(H,21,23). The summed E-state index contributed by atoms with van der Waals surface area (Å²) < 4.78 is 28.3. The van der Waals surface area contributed by atoms with Crippen LogP contribution in [0.4, 0.5) is 5.69 Å². The first kappa shape index (κ1) is 18.9. The number of halogens is 1. The van der Waals surface area contributed by atoms with E-state index in [2.05, 4.69) is 35.1 Å². The van der Waals surface area contributed by atoms with E-state index in [1.807, 2.05) is 12.1 Å². The molecule has 1 heterocycles. The van der Waals surface area contributed by atoms with E-state index in [1.165, 1.54) is 4.31 Å². The van der Waals surface area contributed by atoms with Crippen molar-refractivity contribution in [1.29, 1.82) is 0 Å². The van der Waals surface area contributed by atoms with Gasteiger partial charge in [-0.05, 0) is 36.6 Å². The zero-order chi connectivity index (χ0) is 18.9.